The zero-order valence-electron chi connectivity index (χ0n) is 40.0. The summed E-state index contributed by atoms with van der Waals surface area (Å²) in [5.74, 6) is 0. The van der Waals surface area contributed by atoms with E-state index in [4.69, 9.17) is 25.0 Å². The van der Waals surface area contributed by atoms with Gasteiger partial charge in [0, 0.05) is 10.8 Å². The third-order valence-corrected chi connectivity index (χ3v) is 7.60. The predicted molar refractivity (Wildman–Crippen MR) is 183 cm³/mol. The zero-order valence-corrected chi connectivity index (χ0v) is 22.0. The Morgan fingerprint density at radius 3 is 1.74 bits per heavy atom. The molecule has 0 aliphatic rings. The lowest BCUT2D eigenvalue weighted by Gasteiger charge is -2.18. The lowest BCUT2D eigenvalue weighted by atomic mass is 9.84. The van der Waals surface area contributed by atoms with Crippen molar-refractivity contribution in [2.75, 3.05) is 0 Å². The van der Waals surface area contributed by atoms with Gasteiger partial charge in [0.25, 0.3) is 0 Å². The van der Waals surface area contributed by atoms with Crippen LogP contribution in [0.4, 0.5) is 0 Å². The summed E-state index contributed by atoms with van der Waals surface area (Å²) >= 11 is 0. The van der Waals surface area contributed by atoms with Crippen molar-refractivity contribution in [1.82, 2.24) is 0 Å². The van der Waals surface area contributed by atoms with Crippen molar-refractivity contribution in [1.29, 1.82) is 0 Å². The van der Waals surface area contributed by atoms with Gasteiger partial charge in [-0.25, -0.2) is 0 Å². The average Bonchev–Trinajstić information content (AvgIpc) is 3.61. The minimum absolute atomic E-state index is 0.0193. The maximum Gasteiger partial charge on any atom is 0.136 e. The maximum atomic E-state index is 9.31. The van der Waals surface area contributed by atoms with Crippen LogP contribution in [0.25, 0.3) is 87.6 Å². The highest BCUT2D eigenvalue weighted by molar-refractivity contribution is 6.25. The first-order chi connectivity index (χ1) is 28.7. The van der Waals surface area contributed by atoms with Crippen LogP contribution in [0.15, 0.2) is 162 Å². The fourth-order valence-electron chi connectivity index (χ4n) is 5.74. The number of rotatable bonds is 3. The molecule has 0 N–H and O–H groups in total. The molecule has 0 saturated carbocycles. The Morgan fingerprint density at radius 1 is 0.395 bits per heavy atom. The van der Waals surface area contributed by atoms with Crippen LogP contribution >= 0.6 is 0 Å². The number of hydrogen-bond donors (Lipinski definition) is 0. The molecule has 1 aromatic heterocycles. The molecule has 1 nitrogen and oxygen atoms in total. The molecule has 0 amide bonds. The third-order valence-electron chi connectivity index (χ3n) is 7.60. The summed E-state index contributed by atoms with van der Waals surface area (Å²) in [6, 6.07) is 3.43. The highest BCUT2D eigenvalue weighted by atomic mass is 16.3. The molecule has 1 heteroatoms. The molecule has 0 aliphatic carbocycles. The molecular weight excluding hydrogens is 520 g/mol. The van der Waals surface area contributed by atoms with E-state index in [-0.39, 0.29) is 136 Å². The Morgan fingerprint density at radius 2 is 1.00 bits per heavy atom. The highest BCUT2D eigenvalue weighted by Gasteiger charge is 2.20. The summed E-state index contributed by atoms with van der Waals surface area (Å²) in [5.41, 5.74) is 0.0647. The summed E-state index contributed by atoms with van der Waals surface area (Å²) in [7, 11) is 0. The van der Waals surface area contributed by atoms with E-state index < -0.39 is 60.4 Å². The molecule has 0 radical (unpaired) electrons. The largest absolute Gasteiger partial charge is 0.456 e. The van der Waals surface area contributed by atoms with Crippen LogP contribution in [0.5, 0.6) is 0 Å². The lowest BCUT2D eigenvalue weighted by Crippen LogP contribution is -1.91. The molecule has 200 valence electrons. The number of hydrogen-bond acceptors (Lipinski definition) is 1. The van der Waals surface area contributed by atoms with Gasteiger partial charge < -0.3 is 4.42 Å². The van der Waals surface area contributed by atoms with Gasteiger partial charge in [-0.15, -0.1) is 0 Å². The van der Waals surface area contributed by atoms with Crippen molar-refractivity contribution in [3.8, 4) is 33.4 Å². The average molecular weight is 565 g/mol. The van der Waals surface area contributed by atoms with E-state index in [1.54, 1.807) is 0 Å². The highest BCUT2D eigenvalue weighted by Crippen LogP contribution is 2.46. The molecule has 0 fully saturated rings. The van der Waals surface area contributed by atoms with Gasteiger partial charge in [-0.2, -0.15) is 0 Å². The summed E-state index contributed by atoms with van der Waals surface area (Å²) in [4.78, 5) is 0. The minimum atomic E-state index is -0.614. The van der Waals surface area contributed by atoms with Gasteiger partial charge in [0.15, 0.2) is 0 Å². The van der Waals surface area contributed by atoms with Crippen molar-refractivity contribution in [3.63, 3.8) is 0 Å². The molecular formula is C42H26O. The molecule has 0 saturated heterocycles. The van der Waals surface area contributed by atoms with Crippen molar-refractivity contribution in [2.24, 2.45) is 0 Å². The third kappa shape index (κ3) is 3.72. The first kappa shape index (κ1) is 12.3. The maximum absolute atomic E-state index is 9.31. The van der Waals surface area contributed by atoms with Crippen LogP contribution in [-0.4, -0.2) is 0 Å². The van der Waals surface area contributed by atoms with E-state index in [0.717, 1.165) is 0 Å². The van der Waals surface area contributed by atoms with Crippen LogP contribution in [0.3, 0.4) is 0 Å². The van der Waals surface area contributed by atoms with Crippen LogP contribution in [-0.2, 0) is 0 Å². The molecule has 8 aromatic carbocycles. The van der Waals surface area contributed by atoms with E-state index in [0.29, 0.717) is 0 Å². The fraction of sp³-hybridized carbons (Fsp3) is 0. The van der Waals surface area contributed by atoms with Crippen LogP contribution in [0.2, 0.25) is 0 Å². The standard InChI is InChI=1S/C42H26O/c1-2-11-30-26-31(25-22-27(30)10-1)28-20-23-29(24-21-28)40-32-12-3-5-14-34(32)41(35-15-6-4-13-33(35)40)37-17-9-19-39-42(37)36-16-7-8-18-38(36)43-39/h1-26H/i1D,2D,3D,4D,5D,6D,7D,8D,9D,10D,11D,16D,17D,18D,19D,20D,21D,22D. The van der Waals surface area contributed by atoms with Gasteiger partial charge in [0.1, 0.15) is 11.2 Å². The molecule has 0 unspecified atom stereocenters. The van der Waals surface area contributed by atoms with Gasteiger partial charge in [-0.05, 0) is 83.8 Å². The monoisotopic (exact) mass is 564 g/mol. The summed E-state index contributed by atoms with van der Waals surface area (Å²) in [5, 5.41) is 0.561. The molecule has 1 heterocycles. The summed E-state index contributed by atoms with van der Waals surface area (Å²) in [6.45, 7) is 0. The molecule has 0 atom stereocenters. The molecule has 9 rings (SSSR count). The SMILES string of the molecule is [2H]c1cc2c(-c3cc([2H])c(-c4cc([2H])c5c([2H])c([2H])c([2H])c([2H])c5c4)c([2H])c3)c3cc([2H])c([2H])cc3c(-c3c([2H])c([2H])c([2H])c4oc5c([2H])c([2H])c([2H])c([2H])c5c34)c2cc1[2H]. The van der Waals surface area contributed by atoms with Crippen molar-refractivity contribution in [2.45, 2.75) is 0 Å². The smallest absolute Gasteiger partial charge is 0.136 e. The first-order valence-corrected chi connectivity index (χ1v) is 13.3. The zero-order chi connectivity index (χ0) is 44.0. The van der Waals surface area contributed by atoms with Crippen molar-refractivity contribution in [3.05, 3.63) is 157 Å². The normalized spacial score (nSPS) is 17.6. The minimum Gasteiger partial charge on any atom is -0.456 e. The number of para-hydroxylation sites is 1. The summed E-state index contributed by atoms with van der Waals surface area (Å²) < 4.78 is 162. The van der Waals surface area contributed by atoms with Gasteiger partial charge in [0.05, 0.1) is 24.7 Å². The van der Waals surface area contributed by atoms with Gasteiger partial charge >= 0.3 is 0 Å². The Hall–Kier alpha value is -5.66. The second-order valence-corrected chi connectivity index (χ2v) is 9.90. The van der Waals surface area contributed by atoms with Crippen LogP contribution in [0.1, 0.15) is 24.7 Å². The Labute approximate surface area is 274 Å². The molecule has 9 aromatic rings. The topological polar surface area (TPSA) is 13.1 Å². The lowest BCUT2D eigenvalue weighted by molar-refractivity contribution is 0.669. The number of fused-ring (bicyclic) bond motifs is 6. The second kappa shape index (κ2) is 9.44. The Kier molecular flexibility index (Phi) is 2.70. The van der Waals surface area contributed by atoms with Crippen LogP contribution < -0.4 is 0 Å². The number of furan rings is 1. The second-order valence-electron chi connectivity index (χ2n) is 9.90. The predicted octanol–water partition coefficient (Wildman–Crippen LogP) is 12.0. The van der Waals surface area contributed by atoms with E-state index in [1.165, 1.54) is 48.5 Å². The summed E-state index contributed by atoms with van der Waals surface area (Å²) in [6.07, 6.45) is 0. The number of benzene rings is 8. The van der Waals surface area contributed by atoms with Gasteiger partial charge in [-0.3, -0.25) is 0 Å². The molecule has 43 heavy (non-hydrogen) atoms. The van der Waals surface area contributed by atoms with E-state index in [9.17, 15) is 4.11 Å². The van der Waals surface area contributed by atoms with Crippen LogP contribution in [0, 0.1) is 0 Å². The van der Waals surface area contributed by atoms with Gasteiger partial charge in [-0.1, -0.05) is 139 Å². The Bertz CT molecular complexity index is 3430. The van der Waals surface area contributed by atoms with Gasteiger partial charge in [0.2, 0.25) is 0 Å². The van der Waals surface area contributed by atoms with E-state index in [1.807, 2.05) is 0 Å². The fourth-order valence-corrected chi connectivity index (χ4v) is 5.74. The molecule has 0 aliphatic heterocycles. The van der Waals surface area contributed by atoms with E-state index >= 15 is 0 Å². The first-order valence-electron chi connectivity index (χ1n) is 22.3. The Balaban J connectivity index is 1.42. The van der Waals surface area contributed by atoms with Crippen molar-refractivity contribution < 1.29 is 29.1 Å². The molecule has 0 bridgehead atoms. The molecule has 0 spiro atoms. The van der Waals surface area contributed by atoms with Crippen molar-refractivity contribution >= 4 is 54.3 Å². The van der Waals surface area contributed by atoms with E-state index in [2.05, 4.69) is 0 Å². The quantitative estimate of drug-likeness (QED) is 0.195.